The van der Waals surface area contributed by atoms with Crippen molar-refractivity contribution < 1.29 is 19.4 Å². The molecular formula is C12H14N4O6. The Hall–Kier alpha value is -2.75. The summed E-state index contributed by atoms with van der Waals surface area (Å²) in [5.74, 6) is -0.464. The molecule has 2 rings (SSSR count). The van der Waals surface area contributed by atoms with E-state index in [-0.39, 0.29) is 11.4 Å². The SMILES string of the molecule is COC(=O)[C@@H]1CCCN(c2ccc([N+](=O)[O-])cc2[N+](=O)[O-])N1. The monoisotopic (exact) mass is 310 g/mol. The highest BCUT2D eigenvalue weighted by atomic mass is 16.6. The Bertz CT molecular complexity index is 620. The number of methoxy groups -OCH3 is 1. The molecule has 1 heterocycles. The molecule has 0 unspecified atom stereocenters. The van der Waals surface area contributed by atoms with Gasteiger partial charge in [0, 0.05) is 12.6 Å². The molecule has 1 N–H and O–H groups in total. The number of nitrogens with one attached hydrogen (secondary N) is 1. The first-order chi connectivity index (χ1) is 10.4. The lowest BCUT2D eigenvalue weighted by Crippen LogP contribution is -2.53. The van der Waals surface area contributed by atoms with E-state index < -0.39 is 27.5 Å². The summed E-state index contributed by atoms with van der Waals surface area (Å²) in [7, 11) is 1.26. The van der Waals surface area contributed by atoms with Crippen molar-refractivity contribution in [3.05, 3.63) is 38.4 Å². The Morgan fingerprint density at radius 1 is 1.36 bits per heavy atom. The quantitative estimate of drug-likeness (QED) is 0.498. The average molecular weight is 310 g/mol. The summed E-state index contributed by atoms with van der Waals surface area (Å²) in [6, 6.07) is 2.78. The van der Waals surface area contributed by atoms with Crippen molar-refractivity contribution in [3.8, 4) is 0 Å². The molecule has 10 nitrogen and oxygen atoms in total. The van der Waals surface area contributed by atoms with Gasteiger partial charge in [-0.25, -0.2) is 5.43 Å². The van der Waals surface area contributed by atoms with Crippen molar-refractivity contribution in [1.29, 1.82) is 0 Å². The summed E-state index contributed by atoms with van der Waals surface area (Å²) in [5.41, 5.74) is 2.26. The Balaban J connectivity index is 2.33. The lowest BCUT2D eigenvalue weighted by Gasteiger charge is -2.33. The van der Waals surface area contributed by atoms with Crippen LogP contribution in [0.25, 0.3) is 0 Å². The topological polar surface area (TPSA) is 128 Å². The van der Waals surface area contributed by atoms with Crippen LogP contribution < -0.4 is 10.4 Å². The minimum atomic E-state index is -0.697. The highest BCUT2D eigenvalue weighted by Crippen LogP contribution is 2.32. The zero-order valence-electron chi connectivity index (χ0n) is 11.7. The summed E-state index contributed by atoms with van der Waals surface area (Å²) in [4.78, 5) is 32.1. The molecule has 0 saturated carbocycles. The molecule has 0 bridgehead atoms. The lowest BCUT2D eigenvalue weighted by atomic mass is 10.1. The Morgan fingerprint density at radius 2 is 2.09 bits per heavy atom. The molecule has 1 fully saturated rings. The Labute approximate surface area is 124 Å². The number of nitro benzene ring substituents is 2. The summed E-state index contributed by atoms with van der Waals surface area (Å²) in [6.45, 7) is 0.437. The number of esters is 1. The second-order valence-corrected chi connectivity index (χ2v) is 4.69. The van der Waals surface area contributed by atoms with Gasteiger partial charge in [-0.1, -0.05) is 0 Å². The molecule has 0 aromatic heterocycles. The lowest BCUT2D eigenvalue weighted by molar-refractivity contribution is -0.393. The minimum Gasteiger partial charge on any atom is -0.468 e. The number of hydrazine groups is 1. The Kier molecular flexibility index (Phi) is 4.51. The zero-order chi connectivity index (χ0) is 16.3. The van der Waals surface area contributed by atoms with Crippen LogP contribution in [-0.4, -0.2) is 35.5 Å². The van der Waals surface area contributed by atoms with Gasteiger partial charge in [0.05, 0.1) is 23.0 Å². The molecule has 118 valence electrons. The maximum absolute atomic E-state index is 11.6. The van der Waals surface area contributed by atoms with E-state index in [1.54, 1.807) is 0 Å². The highest BCUT2D eigenvalue weighted by Gasteiger charge is 2.30. The van der Waals surface area contributed by atoms with Crippen LogP contribution in [0.1, 0.15) is 12.8 Å². The molecular weight excluding hydrogens is 296 g/mol. The van der Waals surface area contributed by atoms with Gasteiger partial charge >= 0.3 is 11.7 Å². The number of anilines is 1. The van der Waals surface area contributed by atoms with Gasteiger partial charge in [-0.05, 0) is 18.9 Å². The van der Waals surface area contributed by atoms with E-state index in [9.17, 15) is 25.0 Å². The minimum absolute atomic E-state index is 0.171. The second kappa shape index (κ2) is 6.35. The fourth-order valence-electron chi connectivity index (χ4n) is 2.27. The van der Waals surface area contributed by atoms with Crippen LogP contribution in [-0.2, 0) is 9.53 Å². The number of nitrogens with zero attached hydrogens (tertiary/aromatic N) is 3. The number of hydrogen-bond donors (Lipinski definition) is 1. The van der Waals surface area contributed by atoms with E-state index in [1.165, 1.54) is 24.3 Å². The third-order valence-electron chi connectivity index (χ3n) is 3.33. The van der Waals surface area contributed by atoms with Gasteiger partial charge < -0.3 is 9.75 Å². The van der Waals surface area contributed by atoms with Crippen LogP contribution in [0.3, 0.4) is 0 Å². The third-order valence-corrected chi connectivity index (χ3v) is 3.33. The van der Waals surface area contributed by atoms with Gasteiger partial charge in [0.15, 0.2) is 0 Å². The molecule has 0 spiro atoms. The van der Waals surface area contributed by atoms with Crippen molar-refractivity contribution in [2.45, 2.75) is 18.9 Å². The molecule has 1 saturated heterocycles. The molecule has 1 aromatic carbocycles. The highest BCUT2D eigenvalue weighted by molar-refractivity contribution is 5.76. The van der Waals surface area contributed by atoms with Gasteiger partial charge in [0.25, 0.3) is 5.69 Å². The number of ether oxygens (including phenoxy) is 1. The number of benzene rings is 1. The first-order valence-electron chi connectivity index (χ1n) is 6.48. The summed E-state index contributed by atoms with van der Waals surface area (Å²) in [6.07, 6.45) is 1.17. The summed E-state index contributed by atoms with van der Waals surface area (Å²) < 4.78 is 4.65. The second-order valence-electron chi connectivity index (χ2n) is 4.69. The number of carbonyl (C=O) groups excluding carboxylic acids is 1. The van der Waals surface area contributed by atoms with Crippen molar-refractivity contribution in [3.63, 3.8) is 0 Å². The van der Waals surface area contributed by atoms with E-state index >= 15 is 0 Å². The molecule has 0 aliphatic carbocycles. The van der Waals surface area contributed by atoms with E-state index in [2.05, 4.69) is 10.2 Å². The average Bonchev–Trinajstić information content (AvgIpc) is 2.53. The molecule has 1 aromatic rings. The molecule has 0 radical (unpaired) electrons. The van der Waals surface area contributed by atoms with Crippen LogP contribution >= 0.6 is 0 Å². The largest absolute Gasteiger partial charge is 0.468 e. The van der Waals surface area contributed by atoms with Crippen LogP contribution in [0, 0.1) is 20.2 Å². The van der Waals surface area contributed by atoms with E-state index in [0.717, 1.165) is 6.07 Å². The predicted octanol–water partition coefficient (Wildman–Crippen LogP) is 1.15. The van der Waals surface area contributed by atoms with E-state index in [0.29, 0.717) is 19.4 Å². The predicted molar refractivity (Wildman–Crippen MR) is 75.3 cm³/mol. The van der Waals surface area contributed by atoms with Gasteiger partial charge in [0.2, 0.25) is 0 Å². The van der Waals surface area contributed by atoms with Crippen LogP contribution in [0.4, 0.5) is 17.1 Å². The fraction of sp³-hybridized carbons (Fsp3) is 0.417. The maximum Gasteiger partial charge on any atom is 0.324 e. The maximum atomic E-state index is 11.6. The molecule has 10 heteroatoms. The standard InChI is InChI=1S/C12H14N4O6/c1-22-12(17)9-3-2-6-14(13-9)10-5-4-8(15(18)19)7-11(10)16(20)21/h4-5,7,9,13H,2-3,6H2,1H3/t9-/m0/s1. The van der Waals surface area contributed by atoms with E-state index in [4.69, 9.17) is 0 Å². The molecule has 0 amide bonds. The molecule has 22 heavy (non-hydrogen) atoms. The molecule has 1 atom stereocenters. The van der Waals surface area contributed by atoms with Crippen molar-refractivity contribution in [2.75, 3.05) is 18.7 Å². The normalized spacial score (nSPS) is 17.9. The first-order valence-corrected chi connectivity index (χ1v) is 6.48. The van der Waals surface area contributed by atoms with Crippen LogP contribution in [0.5, 0.6) is 0 Å². The smallest absolute Gasteiger partial charge is 0.324 e. The molecule has 1 aliphatic rings. The number of rotatable bonds is 4. The summed E-state index contributed by atoms with van der Waals surface area (Å²) in [5, 5.41) is 23.3. The molecule has 1 aliphatic heterocycles. The van der Waals surface area contributed by atoms with Crippen molar-refractivity contribution in [2.24, 2.45) is 0 Å². The van der Waals surface area contributed by atoms with Gasteiger partial charge in [-0.2, -0.15) is 0 Å². The Morgan fingerprint density at radius 3 is 2.68 bits per heavy atom. The van der Waals surface area contributed by atoms with Crippen molar-refractivity contribution in [1.82, 2.24) is 5.43 Å². The summed E-state index contributed by atoms with van der Waals surface area (Å²) >= 11 is 0. The van der Waals surface area contributed by atoms with E-state index in [1.807, 2.05) is 0 Å². The van der Waals surface area contributed by atoms with Gasteiger partial charge in [-0.3, -0.25) is 25.0 Å². The van der Waals surface area contributed by atoms with Gasteiger partial charge in [-0.15, -0.1) is 0 Å². The number of hydrogen-bond acceptors (Lipinski definition) is 8. The van der Waals surface area contributed by atoms with Gasteiger partial charge in [0.1, 0.15) is 11.7 Å². The third kappa shape index (κ3) is 3.11. The number of nitro groups is 2. The number of carbonyl (C=O) groups is 1. The number of non-ortho nitro benzene ring substituents is 1. The zero-order valence-corrected chi connectivity index (χ0v) is 11.7. The first kappa shape index (κ1) is 15.6. The van der Waals surface area contributed by atoms with Crippen LogP contribution in [0.15, 0.2) is 18.2 Å². The fourth-order valence-corrected chi connectivity index (χ4v) is 2.27. The van der Waals surface area contributed by atoms with Crippen molar-refractivity contribution >= 4 is 23.0 Å². The van der Waals surface area contributed by atoms with Crippen LogP contribution in [0.2, 0.25) is 0 Å².